The van der Waals surface area contributed by atoms with Crippen LogP contribution in [-0.2, 0) is 0 Å². The molecule has 2 nitrogen and oxygen atoms in total. The van der Waals surface area contributed by atoms with Gasteiger partial charge < -0.3 is 5.32 Å². The molecule has 1 N–H and O–H groups in total. The summed E-state index contributed by atoms with van der Waals surface area (Å²) < 4.78 is 0. The molecule has 3 rings (SSSR count). The first-order valence-electron chi connectivity index (χ1n) is 5.02. The number of fused-ring (bicyclic) bond motifs is 5. The summed E-state index contributed by atoms with van der Waals surface area (Å²) in [6.45, 7) is 0.553. The van der Waals surface area contributed by atoms with Crippen molar-refractivity contribution in [1.82, 2.24) is 5.32 Å². The van der Waals surface area contributed by atoms with Crippen molar-refractivity contribution >= 4 is 0 Å². The molecule has 4 atom stereocenters. The molecule has 0 heterocycles. The van der Waals surface area contributed by atoms with E-state index in [4.69, 9.17) is 5.26 Å². The van der Waals surface area contributed by atoms with Crippen molar-refractivity contribution in [3.63, 3.8) is 0 Å². The van der Waals surface area contributed by atoms with Crippen LogP contribution in [0.15, 0.2) is 0 Å². The molecule has 4 unspecified atom stereocenters. The smallest absolute Gasteiger partial charge is 0.0843 e. The van der Waals surface area contributed by atoms with E-state index in [-0.39, 0.29) is 0 Å². The summed E-state index contributed by atoms with van der Waals surface area (Å²) in [5, 5.41) is 11.8. The molecule has 2 heteroatoms. The molecule has 2 bridgehead atoms. The fourth-order valence-corrected chi connectivity index (χ4v) is 3.76. The summed E-state index contributed by atoms with van der Waals surface area (Å²) in [7, 11) is 0. The van der Waals surface area contributed by atoms with E-state index in [1.807, 2.05) is 0 Å². The van der Waals surface area contributed by atoms with Gasteiger partial charge in [-0.05, 0) is 42.9 Å². The standard InChI is InChI=1S/C10H14N2/c11-3-4-12-10-8-6-1-2-7(5-6)9(8)10/h6-10,12H,1-2,4-5H2. The normalized spacial score (nSPS) is 53.4. The van der Waals surface area contributed by atoms with Crippen LogP contribution in [0, 0.1) is 35.0 Å². The summed E-state index contributed by atoms with van der Waals surface area (Å²) in [6.07, 6.45) is 4.44. The molecule has 0 radical (unpaired) electrons. The molecule has 3 saturated carbocycles. The second-order valence-corrected chi connectivity index (χ2v) is 4.55. The summed E-state index contributed by atoms with van der Waals surface area (Å²) in [5.74, 6) is 3.99. The quantitative estimate of drug-likeness (QED) is 0.618. The highest BCUT2D eigenvalue weighted by atomic mass is 15.0. The second-order valence-electron chi connectivity index (χ2n) is 4.55. The summed E-state index contributed by atoms with van der Waals surface area (Å²) >= 11 is 0. The van der Waals surface area contributed by atoms with Gasteiger partial charge in [-0.25, -0.2) is 0 Å². The van der Waals surface area contributed by atoms with Crippen LogP contribution in [0.1, 0.15) is 19.3 Å². The van der Waals surface area contributed by atoms with E-state index in [0.717, 1.165) is 29.7 Å². The lowest BCUT2D eigenvalue weighted by Crippen LogP contribution is -2.22. The van der Waals surface area contributed by atoms with E-state index in [0.29, 0.717) is 6.54 Å². The Morgan fingerprint density at radius 2 is 1.92 bits per heavy atom. The van der Waals surface area contributed by atoms with Gasteiger partial charge in [-0.2, -0.15) is 5.26 Å². The van der Waals surface area contributed by atoms with Crippen LogP contribution in [0.3, 0.4) is 0 Å². The van der Waals surface area contributed by atoms with Crippen LogP contribution in [0.2, 0.25) is 0 Å². The van der Waals surface area contributed by atoms with Crippen LogP contribution in [0.4, 0.5) is 0 Å². The van der Waals surface area contributed by atoms with Gasteiger partial charge in [0.15, 0.2) is 0 Å². The maximum absolute atomic E-state index is 8.44. The lowest BCUT2D eigenvalue weighted by atomic mass is 10.0. The first-order chi connectivity index (χ1) is 5.92. The number of hydrogen-bond acceptors (Lipinski definition) is 2. The van der Waals surface area contributed by atoms with E-state index in [9.17, 15) is 0 Å². The fourth-order valence-electron chi connectivity index (χ4n) is 3.76. The molecule has 3 aliphatic rings. The summed E-state index contributed by atoms with van der Waals surface area (Å²) in [5.41, 5.74) is 0. The van der Waals surface area contributed by atoms with Crippen molar-refractivity contribution < 1.29 is 0 Å². The van der Waals surface area contributed by atoms with E-state index < -0.39 is 0 Å². The number of nitrogens with one attached hydrogen (secondary N) is 1. The fraction of sp³-hybridized carbons (Fsp3) is 0.900. The Morgan fingerprint density at radius 1 is 1.25 bits per heavy atom. The van der Waals surface area contributed by atoms with Gasteiger partial charge >= 0.3 is 0 Å². The van der Waals surface area contributed by atoms with Gasteiger partial charge in [0, 0.05) is 6.04 Å². The van der Waals surface area contributed by atoms with Gasteiger partial charge in [-0.3, -0.25) is 0 Å². The summed E-state index contributed by atoms with van der Waals surface area (Å²) in [6, 6.07) is 2.90. The van der Waals surface area contributed by atoms with E-state index in [1.165, 1.54) is 19.3 Å². The average Bonchev–Trinajstić information content (AvgIpc) is 2.52. The first-order valence-corrected chi connectivity index (χ1v) is 5.02. The Labute approximate surface area is 72.9 Å². The van der Waals surface area contributed by atoms with Gasteiger partial charge in [-0.1, -0.05) is 0 Å². The number of hydrogen-bond donors (Lipinski definition) is 1. The highest BCUT2D eigenvalue weighted by molar-refractivity contribution is 5.17. The Hall–Kier alpha value is -0.550. The molecular weight excluding hydrogens is 148 g/mol. The van der Waals surface area contributed by atoms with Crippen LogP contribution < -0.4 is 5.32 Å². The van der Waals surface area contributed by atoms with E-state index in [2.05, 4.69) is 11.4 Å². The van der Waals surface area contributed by atoms with Crippen molar-refractivity contribution in [2.45, 2.75) is 25.3 Å². The van der Waals surface area contributed by atoms with Gasteiger partial charge in [0.05, 0.1) is 12.6 Å². The zero-order valence-corrected chi connectivity index (χ0v) is 7.16. The molecule has 64 valence electrons. The Morgan fingerprint density at radius 3 is 2.50 bits per heavy atom. The van der Waals surface area contributed by atoms with Crippen LogP contribution in [0.5, 0.6) is 0 Å². The predicted molar refractivity (Wildman–Crippen MR) is 45.2 cm³/mol. The van der Waals surface area contributed by atoms with Crippen molar-refractivity contribution in [3.05, 3.63) is 0 Å². The Kier molecular flexibility index (Phi) is 1.29. The molecule has 3 aliphatic carbocycles. The molecule has 0 aromatic rings. The van der Waals surface area contributed by atoms with E-state index in [1.54, 1.807) is 0 Å². The number of rotatable bonds is 2. The third-order valence-corrected chi connectivity index (χ3v) is 4.15. The minimum absolute atomic E-state index is 0.553. The van der Waals surface area contributed by atoms with Gasteiger partial charge in [-0.15, -0.1) is 0 Å². The Balaban J connectivity index is 1.64. The highest BCUT2D eigenvalue weighted by Gasteiger charge is 2.64. The third-order valence-electron chi connectivity index (χ3n) is 4.15. The molecular formula is C10H14N2. The average molecular weight is 162 g/mol. The largest absolute Gasteiger partial charge is 0.301 e. The van der Waals surface area contributed by atoms with Crippen molar-refractivity contribution in [2.75, 3.05) is 6.54 Å². The molecule has 0 aromatic carbocycles. The Bertz CT molecular complexity index is 227. The van der Waals surface area contributed by atoms with Crippen LogP contribution in [0.25, 0.3) is 0 Å². The lowest BCUT2D eigenvalue weighted by molar-refractivity contribution is 0.456. The SMILES string of the molecule is N#CCNC1C2C3CCC(C3)C12. The van der Waals surface area contributed by atoms with E-state index >= 15 is 0 Å². The van der Waals surface area contributed by atoms with Gasteiger partial charge in [0.25, 0.3) is 0 Å². The maximum Gasteiger partial charge on any atom is 0.0843 e. The second kappa shape index (κ2) is 2.23. The molecule has 0 spiro atoms. The predicted octanol–water partition coefficient (Wildman–Crippen LogP) is 1.14. The molecule has 0 amide bonds. The van der Waals surface area contributed by atoms with Crippen LogP contribution >= 0.6 is 0 Å². The molecule has 12 heavy (non-hydrogen) atoms. The molecule has 0 saturated heterocycles. The third kappa shape index (κ3) is 0.728. The lowest BCUT2D eigenvalue weighted by Gasteiger charge is -2.07. The minimum atomic E-state index is 0.553. The highest BCUT2D eigenvalue weighted by Crippen LogP contribution is 2.65. The zero-order valence-electron chi connectivity index (χ0n) is 7.16. The molecule has 0 aromatic heterocycles. The van der Waals surface area contributed by atoms with Crippen molar-refractivity contribution in [3.8, 4) is 6.07 Å². The zero-order chi connectivity index (χ0) is 8.13. The van der Waals surface area contributed by atoms with Gasteiger partial charge in [0.1, 0.15) is 0 Å². The summed E-state index contributed by atoms with van der Waals surface area (Å²) in [4.78, 5) is 0. The molecule has 0 aliphatic heterocycles. The van der Waals surface area contributed by atoms with Crippen LogP contribution in [-0.4, -0.2) is 12.6 Å². The molecule has 3 fully saturated rings. The topological polar surface area (TPSA) is 35.8 Å². The number of nitrogens with zero attached hydrogens (tertiary/aromatic N) is 1. The number of nitriles is 1. The monoisotopic (exact) mass is 162 g/mol. The van der Waals surface area contributed by atoms with Gasteiger partial charge in [0.2, 0.25) is 0 Å². The van der Waals surface area contributed by atoms with Crippen molar-refractivity contribution in [1.29, 1.82) is 5.26 Å². The van der Waals surface area contributed by atoms with Crippen molar-refractivity contribution in [2.24, 2.45) is 23.7 Å². The maximum atomic E-state index is 8.44. The first kappa shape index (κ1) is 6.91. The minimum Gasteiger partial charge on any atom is -0.301 e.